The molecular weight excluding hydrogens is 236 g/mol. The molecule has 0 aliphatic carbocycles. The van der Waals surface area contributed by atoms with E-state index in [1.807, 2.05) is 6.92 Å². The van der Waals surface area contributed by atoms with Crippen LogP contribution in [0.1, 0.15) is 41.0 Å². The fraction of sp³-hybridized carbons (Fsp3) is 0.933. The van der Waals surface area contributed by atoms with Crippen molar-refractivity contribution in [2.24, 2.45) is 0 Å². The lowest BCUT2D eigenvalue weighted by Crippen LogP contribution is -2.56. The summed E-state index contributed by atoms with van der Waals surface area (Å²) in [5.41, 5.74) is -0.413. The maximum atomic E-state index is 9.37. The summed E-state index contributed by atoms with van der Waals surface area (Å²) in [5.74, 6) is 0. The molecule has 1 aliphatic rings. The fourth-order valence-corrected chi connectivity index (χ4v) is 2.88. The van der Waals surface area contributed by atoms with Gasteiger partial charge in [-0.15, -0.1) is 0 Å². The molecule has 0 aromatic rings. The molecule has 19 heavy (non-hydrogen) atoms. The lowest BCUT2D eigenvalue weighted by atomic mass is 9.97. The molecule has 4 nitrogen and oxygen atoms in total. The molecule has 1 rings (SSSR count). The Bertz CT molecular complexity index is 311. The maximum Gasteiger partial charge on any atom is 0.105 e. The standard InChI is InChI=1S/C15H30N4/c1-12(2)17-15(5,11-16)7-8-19-9-13(3)18(6)14(4)10-19/h12-14,17H,7-10H2,1-6H3. The topological polar surface area (TPSA) is 42.3 Å². The molecule has 4 heteroatoms. The van der Waals surface area contributed by atoms with Gasteiger partial charge >= 0.3 is 0 Å². The molecular formula is C15H30N4. The van der Waals surface area contributed by atoms with Gasteiger partial charge in [-0.25, -0.2) is 0 Å². The molecule has 110 valence electrons. The number of nitriles is 1. The van der Waals surface area contributed by atoms with Gasteiger partial charge in [0, 0.05) is 37.8 Å². The lowest BCUT2D eigenvalue weighted by molar-refractivity contribution is 0.0562. The molecule has 0 spiro atoms. The first-order chi connectivity index (χ1) is 8.77. The predicted molar refractivity (Wildman–Crippen MR) is 80.0 cm³/mol. The number of piperazine rings is 1. The zero-order chi connectivity index (χ0) is 14.6. The van der Waals surface area contributed by atoms with Crippen molar-refractivity contribution >= 4 is 0 Å². The van der Waals surface area contributed by atoms with Crippen LogP contribution < -0.4 is 5.32 Å². The van der Waals surface area contributed by atoms with E-state index in [0.29, 0.717) is 18.1 Å². The largest absolute Gasteiger partial charge is 0.300 e. The monoisotopic (exact) mass is 266 g/mol. The second kappa shape index (κ2) is 6.69. The Morgan fingerprint density at radius 3 is 2.26 bits per heavy atom. The fourth-order valence-electron chi connectivity index (χ4n) is 2.88. The highest BCUT2D eigenvalue weighted by Gasteiger charge is 2.29. The number of likely N-dealkylation sites (N-methyl/N-ethyl adjacent to an activating group) is 1. The van der Waals surface area contributed by atoms with E-state index in [-0.39, 0.29) is 0 Å². The summed E-state index contributed by atoms with van der Waals surface area (Å²) in [6.45, 7) is 13.9. The molecule has 1 saturated heterocycles. The summed E-state index contributed by atoms with van der Waals surface area (Å²) in [6.07, 6.45) is 0.880. The van der Waals surface area contributed by atoms with Crippen molar-refractivity contribution in [3.05, 3.63) is 0 Å². The third-order valence-corrected chi connectivity index (χ3v) is 4.22. The van der Waals surface area contributed by atoms with Gasteiger partial charge in [0.2, 0.25) is 0 Å². The van der Waals surface area contributed by atoms with Gasteiger partial charge in [-0.05, 0) is 48.1 Å². The van der Waals surface area contributed by atoms with Crippen molar-refractivity contribution in [2.75, 3.05) is 26.7 Å². The number of hydrogen-bond acceptors (Lipinski definition) is 4. The van der Waals surface area contributed by atoms with Gasteiger partial charge < -0.3 is 4.90 Å². The van der Waals surface area contributed by atoms with E-state index in [1.165, 1.54) is 0 Å². The van der Waals surface area contributed by atoms with Gasteiger partial charge in [-0.1, -0.05) is 0 Å². The van der Waals surface area contributed by atoms with Crippen molar-refractivity contribution in [1.82, 2.24) is 15.1 Å². The third-order valence-electron chi connectivity index (χ3n) is 4.22. The summed E-state index contributed by atoms with van der Waals surface area (Å²) < 4.78 is 0. The van der Waals surface area contributed by atoms with E-state index in [1.54, 1.807) is 0 Å². The van der Waals surface area contributed by atoms with E-state index in [9.17, 15) is 5.26 Å². The highest BCUT2D eigenvalue weighted by atomic mass is 15.3. The average Bonchev–Trinajstić information content (AvgIpc) is 2.32. The van der Waals surface area contributed by atoms with Crippen LogP contribution in [0.25, 0.3) is 0 Å². The molecule has 3 unspecified atom stereocenters. The van der Waals surface area contributed by atoms with Gasteiger partial charge in [-0.3, -0.25) is 10.2 Å². The molecule has 0 aromatic heterocycles. The molecule has 1 heterocycles. The minimum absolute atomic E-state index is 0.343. The number of hydrogen-bond donors (Lipinski definition) is 1. The Labute approximate surface area is 118 Å². The summed E-state index contributed by atoms with van der Waals surface area (Å²) in [6, 6.07) is 3.96. The molecule has 3 atom stereocenters. The molecule has 0 bridgehead atoms. The molecule has 1 aliphatic heterocycles. The van der Waals surface area contributed by atoms with Crippen molar-refractivity contribution in [1.29, 1.82) is 5.26 Å². The van der Waals surface area contributed by atoms with Crippen LogP contribution >= 0.6 is 0 Å². The minimum atomic E-state index is -0.413. The van der Waals surface area contributed by atoms with Crippen LogP contribution in [-0.2, 0) is 0 Å². The van der Waals surface area contributed by atoms with E-state index in [2.05, 4.69) is 55.9 Å². The van der Waals surface area contributed by atoms with Crippen LogP contribution in [0.5, 0.6) is 0 Å². The normalized spacial score (nSPS) is 29.2. The van der Waals surface area contributed by atoms with Crippen LogP contribution in [0, 0.1) is 11.3 Å². The Kier molecular flexibility index (Phi) is 5.79. The first-order valence-corrected chi connectivity index (χ1v) is 7.40. The van der Waals surface area contributed by atoms with Gasteiger partial charge in [0.1, 0.15) is 5.54 Å². The number of nitrogens with zero attached hydrogens (tertiary/aromatic N) is 3. The summed E-state index contributed by atoms with van der Waals surface area (Å²) in [7, 11) is 2.20. The van der Waals surface area contributed by atoms with E-state index in [0.717, 1.165) is 26.1 Å². The molecule has 1 fully saturated rings. The van der Waals surface area contributed by atoms with E-state index in [4.69, 9.17) is 0 Å². The predicted octanol–water partition coefficient (Wildman–Crippen LogP) is 1.68. The van der Waals surface area contributed by atoms with Crippen LogP contribution in [0.3, 0.4) is 0 Å². The highest BCUT2D eigenvalue weighted by molar-refractivity contribution is 5.05. The average molecular weight is 266 g/mol. The second-order valence-electron chi connectivity index (χ2n) is 6.62. The van der Waals surface area contributed by atoms with Gasteiger partial charge in [-0.2, -0.15) is 5.26 Å². The highest BCUT2D eigenvalue weighted by Crippen LogP contribution is 2.16. The number of nitrogens with one attached hydrogen (secondary N) is 1. The van der Waals surface area contributed by atoms with Crippen molar-refractivity contribution < 1.29 is 0 Å². The quantitative estimate of drug-likeness (QED) is 0.822. The van der Waals surface area contributed by atoms with Crippen LogP contribution in [0.2, 0.25) is 0 Å². The van der Waals surface area contributed by atoms with Gasteiger partial charge in [0.25, 0.3) is 0 Å². The minimum Gasteiger partial charge on any atom is -0.300 e. The Balaban J connectivity index is 2.50. The molecule has 0 radical (unpaired) electrons. The van der Waals surface area contributed by atoms with Crippen LogP contribution in [-0.4, -0.2) is 60.1 Å². The van der Waals surface area contributed by atoms with Crippen LogP contribution in [0.4, 0.5) is 0 Å². The lowest BCUT2D eigenvalue weighted by Gasteiger charge is -2.43. The molecule has 0 aromatic carbocycles. The summed E-state index contributed by atoms with van der Waals surface area (Å²) >= 11 is 0. The van der Waals surface area contributed by atoms with Gasteiger partial charge in [0.05, 0.1) is 6.07 Å². The number of rotatable bonds is 5. The third kappa shape index (κ3) is 4.76. The SMILES string of the molecule is CC(C)NC(C)(C#N)CCN1CC(C)N(C)C(C)C1. The Morgan fingerprint density at radius 2 is 1.84 bits per heavy atom. The van der Waals surface area contributed by atoms with Crippen molar-refractivity contribution in [2.45, 2.75) is 64.7 Å². The van der Waals surface area contributed by atoms with E-state index >= 15 is 0 Å². The molecule has 1 N–H and O–H groups in total. The Morgan fingerprint density at radius 1 is 1.32 bits per heavy atom. The van der Waals surface area contributed by atoms with Crippen molar-refractivity contribution in [3.8, 4) is 6.07 Å². The van der Waals surface area contributed by atoms with E-state index < -0.39 is 5.54 Å². The van der Waals surface area contributed by atoms with Crippen molar-refractivity contribution in [3.63, 3.8) is 0 Å². The van der Waals surface area contributed by atoms with Gasteiger partial charge in [0.15, 0.2) is 0 Å². The second-order valence-corrected chi connectivity index (χ2v) is 6.62. The van der Waals surface area contributed by atoms with Crippen LogP contribution in [0.15, 0.2) is 0 Å². The summed E-state index contributed by atoms with van der Waals surface area (Å²) in [4.78, 5) is 4.93. The maximum absolute atomic E-state index is 9.37. The first-order valence-electron chi connectivity index (χ1n) is 7.40. The smallest absolute Gasteiger partial charge is 0.105 e. The first kappa shape index (κ1) is 16.4. The Hall–Kier alpha value is -0.630. The zero-order valence-electron chi connectivity index (χ0n) is 13.4. The zero-order valence-corrected chi connectivity index (χ0v) is 13.4. The summed E-state index contributed by atoms with van der Waals surface area (Å²) in [5, 5.41) is 12.7. The molecule has 0 saturated carbocycles. The molecule has 0 amide bonds.